The molecule has 0 radical (unpaired) electrons. The highest BCUT2D eigenvalue weighted by Crippen LogP contribution is 2.41. The fraction of sp³-hybridized carbons (Fsp3) is 0.286. The van der Waals surface area contributed by atoms with Gasteiger partial charge in [0.15, 0.2) is 0 Å². The van der Waals surface area contributed by atoms with Gasteiger partial charge in [0.25, 0.3) is 0 Å². The molecule has 1 unspecified atom stereocenters. The van der Waals surface area contributed by atoms with E-state index in [4.69, 9.17) is 0 Å². The first-order valence-electron chi connectivity index (χ1n) is 5.54. The number of aromatic hydroxyl groups is 1. The van der Waals surface area contributed by atoms with Crippen LogP contribution >= 0.6 is 0 Å². The van der Waals surface area contributed by atoms with Crippen molar-refractivity contribution in [2.75, 3.05) is 0 Å². The zero-order valence-electron chi connectivity index (χ0n) is 8.83. The van der Waals surface area contributed by atoms with Gasteiger partial charge in [-0.1, -0.05) is 25.1 Å². The van der Waals surface area contributed by atoms with Crippen molar-refractivity contribution in [1.82, 2.24) is 0 Å². The number of phenolic OH excluding ortho intramolecular Hbond substituents is 1. The first-order chi connectivity index (χ1) is 7.29. The number of hydrogen-bond acceptors (Lipinski definition) is 1. The fourth-order valence-electron chi connectivity index (χ4n) is 2.76. The van der Waals surface area contributed by atoms with E-state index in [9.17, 15) is 5.11 Å². The molecule has 1 nitrogen and oxygen atoms in total. The molecule has 0 fully saturated rings. The van der Waals surface area contributed by atoms with E-state index < -0.39 is 0 Å². The Labute approximate surface area is 89.4 Å². The summed E-state index contributed by atoms with van der Waals surface area (Å²) in [6.07, 6.45) is 2.28. The third kappa shape index (κ3) is 1.16. The van der Waals surface area contributed by atoms with Crippen molar-refractivity contribution in [3.05, 3.63) is 41.5 Å². The van der Waals surface area contributed by atoms with Crippen LogP contribution in [0, 0.1) is 0 Å². The van der Waals surface area contributed by atoms with Gasteiger partial charge in [-0.25, -0.2) is 0 Å². The SMILES string of the molecule is CCC1Cc2cccc3cc(O)cc1c23. The molecule has 1 aliphatic rings. The molecule has 0 spiro atoms. The standard InChI is InChI=1S/C14H14O/c1-2-9-6-10-4-3-5-11-7-12(15)8-13(9)14(10)11/h3-5,7-9,15H,2,6H2,1H3. The number of benzene rings is 2. The van der Waals surface area contributed by atoms with Gasteiger partial charge in [0.1, 0.15) is 5.75 Å². The summed E-state index contributed by atoms with van der Waals surface area (Å²) in [7, 11) is 0. The Bertz CT molecular complexity index is 528. The van der Waals surface area contributed by atoms with E-state index in [2.05, 4.69) is 25.1 Å². The Morgan fingerprint density at radius 3 is 3.00 bits per heavy atom. The summed E-state index contributed by atoms with van der Waals surface area (Å²) < 4.78 is 0. The Balaban J connectivity index is 2.39. The fourth-order valence-corrected chi connectivity index (χ4v) is 2.76. The van der Waals surface area contributed by atoms with Crippen molar-refractivity contribution in [1.29, 1.82) is 0 Å². The quantitative estimate of drug-likeness (QED) is 0.742. The van der Waals surface area contributed by atoms with Crippen LogP contribution in [0.25, 0.3) is 10.8 Å². The van der Waals surface area contributed by atoms with Crippen LogP contribution in [0.4, 0.5) is 0 Å². The summed E-state index contributed by atoms with van der Waals surface area (Å²) in [5, 5.41) is 12.2. The maximum Gasteiger partial charge on any atom is 0.116 e. The second kappa shape index (κ2) is 2.99. The summed E-state index contributed by atoms with van der Waals surface area (Å²) in [5.41, 5.74) is 2.78. The smallest absolute Gasteiger partial charge is 0.116 e. The van der Waals surface area contributed by atoms with Gasteiger partial charge in [-0.05, 0) is 52.8 Å². The molecule has 2 aromatic rings. The lowest BCUT2D eigenvalue weighted by molar-refractivity contribution is 0.475. The van der Waals surface area contributed by atoms with Gasteiger partial charge < -0.3 is 5.11 Å². The molecule has 0 saturated heterocycles. The molecule has 3 rings (SSSR count). The topological polar surface area (TPSA) is 20.2 Å². The maximum atomic E-state index is 9.68. The highest BCUT2D eigenvalue weighted by atomic mass is 16.3. The van der Waals surface area contributed by atoms with E-state index in [0.29, 0.717) is 11.7 Å². The molecule has 1 N–H and O–H groups in total. The van der Waals surface area contributed by atoms with Crippen LogP contribution in [0.15, 0.2) is 30.3 Å². The summed E-state index contributed by atoms with van der Waals surface area (Å²) in [4.78, 5) is 0. The van der Waals surface area contributed by atoms with Crippen molar-refractivity contribution in [2.45, 2.75) is 25.7 Å². The van der Waals surface area contributed by atoms with Gasteiger partial charge in [0.05, 0.1) is 0 Å². The summed E-state index contributed by atoms with van der Waals surface area (Å²) in [6.45, 7) is 2.21. The van der Waals surface area contributed by atoms with Crippen LogP contribution in [0.1, 0.15) is 30.4 Å². The van der Waals surface area contributed by atoms with E-state index in [-0.39, 0.29) is 0 Å². The van der Waals surface area contributed by atoms with Gasteiger partial charge in [-0.2, -0.15) is 0 Å². The maximum absolute atomic E-state index is 9.68. The molecule has 1 atom stereocenters. The van der Waals surface area contributed by atoms with Crippen LogP contribution in [-0.4, -0.2) is 5.11 Å². The Morgan fingerprint density at radius 1 is 1.33 bits per heavy atom. The highest BCUT2D eigenvalue weighted by molar-refractivity contribution is 5.92. The van der Waals surface area contributed by atoms with Gasteiger partial charge in [-0.15, -0.1) is 0 Å². The minimum atomic E-state index is 0.398. The van der Waals surface area contributed by atoms with E-state index in [1.807, 2.05) is 12.1 Å². The van der Waals surface area contributed by atoms with E-state index in [1.54, 1.807) is 0 Å². The first-order valence-corrected chi connectivity index (χ1v) is 5.54. The molecule has 0 bridgehead atoms. The van der Waals surface area contributed by atoms with Crippen molar-refractivity contribution in [2.24, 2.45) is 0 Å². The summed E-state index contributed by atoms with van der Waals surface area (Å²) >= 11 is 0. The molecular formula is C14H14O. The Hall–Kier alpha value is -1.50. The molecule has 0 aromatic heterocycles. The van der Waals surface area contributed by atoms with E-state index >= 15 is 0 Å². The second-order valence-electron chi connectivity index (χ2n) is 4.36. The Morgan fingerprint density at radius 2 is 2.20 bits per heavy atom. The van der Waals surface area contributed by atoms with Gasteiger partial charge in [0, 0.05) is 0 Å². The van der Waals surface area contributed by atoms with Gasteiger partial charge >= 0.3 is 0 Å². The van der Waals surface area contributed by atoms with Crippen molar-refractivity contribution >= 4 is 10.8 Å². The number of hydrogen-bond donors (Lipinski definition) is 1. The average molecular weight is 198 g/mol. The largest absolute Gasteiger partial charge is 0.508 e. The lowest BCUT2D eigenvalue weighted by atomic mass is 9.97. The molecule has 1 aliphatic carbocycles. The third-order valence-electron chi connectivity index (χ3n) is 3.48. The van der Waals surface area contributed by atoms with Crippen LogP contribution in [0.5, 0.6) is 5.75 Å². The summed E-state index contributed by atoms with van der Waals surface area (Å²) in [5.74, 6) is 0.993. The van der Waals surface area contributed by atoms with Gasteiger partial charge in [-0.3, -0.25) is 0 Å². The zero-order valence-corrected chi connectivity index (χ0v) is 8.83. The van der Waals surface area contributed by atoms with E-state index in [1.165, 1.54) is 21.9 Å². The predicted octanol–water partition coefficient (Wildman–Crippen LogP) is 3.60. The minimum Gasteiger partial charge on any atom is -0.508 e. The molecule has 76 valence electrons. The summed E-state index contributed by atoms with van der Waals surface area (Å²) in [6, 6.07) is 10.2. The molecule has 0 heterocycles. The normalized spacial score (nSPS) is 18.6. The van der Waals surface area contributed by atoms with Crippen LogP contribution in [-0.2, 0) is 6.42 Å². The average Bonchev–Trinajstić information content (AvgIpc) is 2.58. The molecule has 2 aromatic carbocycles. The minimum absolute atomic E-state index is 0.398. The van der Waals surface area contributed by atoms with Crippen molar-refractivity contribution < 1.29 is 5.11 Å². The molecule has 0 saturated carbocycles. The zero-order chi connectivity index (χ0) is 10.4. The number of phenols is 1. The predicted molar refractivity (Wildman–Crippen MR) is 62.3 cm³/mol. The van der Waals surface area contributed by atoms with Crippen LogP contribution in [0.3, 0.4) is 0 Å². The van der Waals surface area contributed by atoms with Gasteiger partial charge in [0.2, 0.25) is 0 Å². The van der Waals surface area contributed by atoms with E-state index in [0.717, 1.165) is 12.8 Å². The molecule has 0 amide bonds. The lowest BCUT2D eigenvalue weighted by Gasteiger charge is -2.08. The highest BCUT2D eigenvalue weighted by Gasteiger charge is 2.23. The second-order valence-corrected chi connectivity index (χ2v) is 4.36. The van der Waals surface area contributed by atoms with Crippen LogP contribution in [0.2, 0.25) is 0 Å². The lowest BCUT2D eigenvalue weighted by Crippen LogP contribution is -1.92. The molecule has 1 heteroatoms. The molecular weight excluding hydrogens is 184 g/mol. The molecule has 0 aliphatic heterocycles. The van der Waals surface area contributed by atoms with Crippen molar-refractivity contribution in [3.8, 4) is 5.75 Å². The number of rotatable bonds is 1. The monoisotopic (exact) mass is 198 g/mol. The van der Waals surface area contributed by atoms with Crippen LogP contribution < -0.4 is 0 Å². The third-order valence-corrected chi connectivity index (χ3v) is 3.48. The van der Waals surface area contributed by atoms with Crippen molar-refractivity contribution in [3.63, 3.8) is 0 Å². The molecule has 15 heavy (non-hydrogen) atoms. The first kappa shape index (κ1) is 8.78. The Kier molecular flexibility index (Phi) is 1.75.